The Morgan fingerprint density at radius 3 is 2.71 bits per heavy atom. The van der Waals surface area contributed by atoms with Gasteiger partial charge in [0.2, 0.25) is 11.9 Å². The molecule has 0 atom stereocenters. The van der Waals surface area contributed by atoms with Crippen molar-refractivity contribution in [2.75, 3.05) is 30.5 Å². The second kappa shape index (κ2) is 7.58. The number of nitrogens with zero attached hydrogens (tertiary/aromatic N) is 3. The first-order valence-corrected chi connectivity index (χ1v) is 5.50. The summed E-state index contributed by atoms with van der Waals surface area (Å²) < 4.78 is 5.30. The minimum atomic E-state index is 0.110. The summed E-state index contributed by atoms with van der Waals surface area (Å²) in [4.78, 5) is 12.0. The SMILES string of the molecule is CCCOc1nc(NN)nc(NCCCO)n1. The molecule has 8 heteroatoms. The van der Waals surface area contributed by atoms with Crippen LogP contribution in [0.3, 0.4) is 0 Å². The fourth-order valence-electron chi connectivity index (χ4n) is 1.04. The van der Waals surface area contributed by atoms with Gasteiger partial charge in [-0.3, -0.25) is 5.43 Å². The topological polar surface area (TPSA) is 118 Å². The zero-order valence-corrected chi connectivity index (χ0v) is 9.81. The minimum absolute atomic E-state index is 0.110. The van der Waals surface area contributed by atoms with Gasteiger partial charge < -0.3 is 15.2 Å². The minimum Gasteiger partial charge on any atom is -0.463 e. The van der Waals surface area contributed by atoms with Crippen LogP contribution in [0.15, 0.2) is 0 Å². The third kappa shape index (κ3) is 4.79. The van der Waals surface area contributed by atoms with Crippen molar-refractivity contribution >= 4 is 11.9 Å². The van der Waals surface area contributed by atoms with E-state index in [2.05, 4.69) is 25.7 Å². The molecule has 0 spiro atoms. The van der Waals surface area contributed by atoms with Crippen molar-refractivity contribution in [2.45, 2.75) is 19.8 Å². The molecule has 0 bridgehead atoms. The van der Waals surface area contributed by atoms with E-state index in [0.29, 0.717) is 25.5 Å². The third-order valence-corrected chi connectivity index (χ3v) is 1.80. The molecule has 0 saturated heterocycles. The second-order valence-corrected chi connectivity index (χ2v) is 3.26. The Hall–Kier alpha value is -1.67. The lowest BCUT2D eigenvalue weighted by molar-refractivity contribution is 0.290. The molecule has 0 radical (unpaired) electrons. The molecule has 8 nitrogen and oxygen atoms in total. The zero-order valence-electron chi connectivity index (χ0n) is 9.81. The van der Waals surface area contributed by atoms with Crippen LogP contribution in [0.2, 0.25) is 0 Å². The molecule has 1 aromatic heterocycles. The van der Waals surface area contributed by atoms with Gasteiger partial charge in [0.25, 0.3) is 0 Å². The van der Waals surface area contributed by atoms with Crippen molar-refractivity contribution in [1.29, 1.82) is 0 Å². The molecule has 0 aliphatic heterocycles. The van der Waals surface area contributed by atoms with Gasteiger partial charge in [-0.1, -0.05) is 6.92 Å². The summed E-state index contributed by atoms with van der Waals surface area (Å²) in [5.74, 6) is 5.85. The molecule has 0 saturated carbocycles. The number of aromatic nitrogens is 3. The van der Waals surface area contributed by atoms with Gasteiger partial charge in [-0.2, -0.15) is 15.0 Å². The molecule has 5 N–H and O–H groups in total. The van der Waals surface area contributed by atoms with Crippen LogP contribution in [-0.2, 0) is 0 Å². The van der Waals surface area contributed by atoms with E-state index in [0.717, 1.165) is 6.42 Å². The highest BCUT2D eigenvalue weighted by Crippen LogP contribution is 2.10. The van der Waals surface area contributed by atoms with Crippen LogP contribution < -0.4 is 21.3 Å². The molecule has 1 heterocycles. The molecule has 17 heavy (non-hydrogen) atoms. The van der Waals surface area contributed by atoms with Crippen LogP contribution in [0.4, 0.5) is 11.9 Å². The molecule has 0 aromatic carbocycles. The Labute approximate surface area is 99.6 Å². The highest BCUT2D eigenvalue weighted by molar-refractivity contribution is 5.34. The Morgan fingerprint density at radius 2 is 2.06 bits per heavy atom. The van der Waals surface area contributed by atoms with E-state index in [9.17, 15) is 0 Å². The summed E-state index contributed by atoms with van der Waals surface area (Å²) in [7, 11) is 0. The average Bonchev–Trinajstić information content (AvgIpc) is 2.36. The number of hydrogen-bond donors (Lipinski definition) is 4. The number of anilines is 2. The van der Waals surface area contributed by atoms with Crippen molar-refractivity contribution in [2.24, 2.45) is 5.84 Å². The maximum absolute atomic E-state index is 8.67. The van der Waals surface area contributed by atoms with E-state index in [1.165, 1.54) is 0 Å². The number of nitrogens with one attached hydrogen (secondary N) is 2. The number of rotatable bonds is 8. The summed E-state index contributed by atoms with van der Waals surface area (Å²) in [5, 5.41) is 11.6. The van der Waals surface area contributed by atoms with E-state index in [-0.39, 0.29) is 18.6 Å². The molecular formula is C9H18N6O2. The summed E-state index contributed by atoms with van der Waals surface area (Å²) in [6.07, 6.45) is 1.48. The highest BCUT2D eigenvalue weighted by Gasteiger charge is 2.05. The van der Waals surface area contributed by atoms with Gasteiger partial charge in [0, 0.05) is 13.2 Å². The molecule has 1 rings (SSSR count). The Kier molecular flexibility index (Phi) is 5.97. The van der Waals surface area contributed by atoms with Gasteiger partial charge in [0.15, 0.2) is 0 Å². The molecule has 0 unspecified atom stereocenters. The number of ether oxygens (including phenoxy) is 1. The molecule has 0 fully saturated rings. The molecule has 1 aromatic rings. The lowest BCUT2D eigenvalue weighted by atomic mass is 10.4. The largest absolute Gasteiger partial charge is 0.463 e. The van der Waals surface area contributed by atoms with E-state index in [1.54, 1.807) is 0 Å². The number of nitrogens with two attached hydrogens (primary N) is 1. The molecule has 0 amide bonds. The zero-order chi connectivity index (χ0) is 12.5. The number of nitrogen functional groups attached to an aromatic ring is 1. The summed E-state index contributed by atoms with van der Waals surface area (Å²) in [6.45, 7) is 3.20. The second-order valence-electron chi connectivity index (χ2n) is 3.26. The van der Waals surface area contributed by atoms with Crippen molar-refractivity contribution in [1.82, 2.24) is 15.0 Å². The molecular weight excluding hydrogens is 224 g/mol. The van der Waals surface area contributed by atoms with Gasteiger partial charge in [-0.15, -0.1) is 0 Å². The Bertz CT molecular complexity index is 335. The van der Waals surface area contributed by atoms with Gasteiger partial charge in [-0.25, -0.2) is 5.84 Å². The normalized spacial score (nSPS) is 10.1. The Morgan fingerprint density at radius 1 is 1.29 bits per heavy atom. The number of hydrogen-bond acceptors (Lipinski definition) is 8. The van der Waals surface area contributed by atoms with Crippen LogP contribution in [0.5, 0.6) is 6.01 Å². The standard InChI is InChI=1S/C9H18N6O2/c1-2-6-17-9-13-7(11-4-3-5-16)12-8(14-9)15-10/h16H,2-6,10H2,1H3,(H2,11,12,13,14,15). The molecule has 0 aliphatic rings. The predicted molar refractivity (Wildman–Crippen MR) is 63.6 cm³/mol. The van der Waals surface area contributed by atoms with Gasteiger partial charge in [-0.05, 0) is 12.8 Å². The first-order valence-electron chi connectivity index (χ1n) is 5.50. The monoisotopic (exact) mass is 242 g/mol. The van der Waals surface area contributed by atoms with Crippen molar-refractivity contribution in [3.8, 4) is 6.01 Å². The lowest BCUT2D eigenvalue weighted by Gasteiger charge is -2.08. The van der Waals surface area contributed by atoms with Crippen LogP contribution in [0.1, 0.15) is 19.8 Å². The van der Waals surface area contributed by atoms with E-state index in [1.807, 2.05) is 6.92 Å². The van der Waals surface area contributed by atoms with Gasteiger partial charge >= 0.3 is 6.01 Å². The summed E-state index contributed by atoms with van der Waals surface area (Å²) in [6, 6.07) is 0.223. The summed E-state index contributed by atoms with van der Waals surface area (Å²) in [5.41, 5.74) is 2.34. The van der Waals surface area contributed by atoms with E-state index >= 15 is 0 Å². The fourth-order valence-corrected chi connectivity index (χ4v) is 1.04. The van der Waals surface area contributed by atoms with Crippen LogP contribution in [0, 0.1) is 0 Å². The number of hydrazine groups is 1. The first-order chi connectivity index (χ1) is 8.30. The van der Waals surface area contributed by atoms with Crippen LogP contribution >= 0.6 is 0 Å². The smallest absolute Gasteiger partial charge is 0.323 e. The maximum Gasteiger partial charge on any atom is 0.323 e. The summed E-state index contributed by atoms with van der Waals surface area (Å²) >= 11 is 0. The van der Waals surface area contributed by atoms with E-state index in [4.69, 9.17) is 15.7 Å². The van der Waals surface area contributed by atoms with Crippen molar-refractivity contribution in [3.05, 3.63) is 0 Å². The fraction of sp³-hybridized carbons (Fsp3) is 0.667. The average molecular weight is 242 g/mol. The molecule has 0 aliphatic carbocycles. The third-order valence-electron chi connectivity index (χ3n) is 1.80. The van der Waals surface area contributed by atoms with Crippen LogP contribution in [0.25, 0.3) is 0 Å². The molecule has 96 valence electrons. The highest BCUT2D eigenvalue weighted by atomic mass is 16.5. The van der Waals surface area contributed by atoms with Crippen LogP contribution in [-0.4, -0.2) is 39.8 Å². The number of aliphatic hydroxyl groups is 1. The quantitative estimate of drug-likeness (QED) is 0.280. The lowest BCUT2D eigenvalue weighted by Crippen LogP contribution is -2.15. The van der Waals surface area contributed by atoms with E-state index < -0.39 is 0 Å². The predicted octanol–water partition coefficient (Wildman–Crippen LogP) is -0.260. The van der Waals surface area contributed by atoms with Crippen molar-refractivity contribution in [3.63, 3.8) is 0 Å². The number of aliphatic hydroxyl groups excluding tert-OH is 1. The van der Waals surface area contributed by atoms with Crippen molar-refractivity contribution < 1.29 is 9.84 Å². The Balaban J connectivity index is 2.67. The van der Waals surface area contributed by atoms with Gasteiger partial charge in [0.05, 0.1) is 6.61 Å². The van der Waals surface area contributed by atoms with Gasteiger partial charge in [0.1, 0.15) is 0 Å². The maximum atomic E-state index is 8.67. The first kappa shape index (κ1) is 13.4.